The molecule has 2 aromatic rings. The number of fused-ring (bicyclic) bond motifs is 2. The van der Waals surface area contributed by atoms with Crippen LogP contribution in [0.2, 0.25) is 5.02 Å². The fourth-order valence-corrected chi connectivity index (χ4v) is 3.98. The lowest BCUT2D eigenvalue weighted by Crippen LogP contribution is -2.56. The number of hydrogen-bond donors (Lipinski definition) is 2. The van der Waals surface area contributed by atoms with E-state index in [0.29, 0.717) is 36.0 Å². The topological polar surface area (TPSA) is 74.2 Å². The molecule has 0 aliphatic carbocycles. The molecule has 0 saturated carbocycles. The molecule has 6 nitrogen and oxygen atoms in total. The van der Waals surface area contributed by atoms with Crippen molar-refractivity contribution >= 4 is 29.1 Å². The molecule has 0 bridgehead atoms. The van der Waals surface area contributed by atoms with Gasteiger partial charge in [0, 0.05) is 30.7 Å². The second-order valence-corrected chi connectivity index (χ2v) is 7.44. The zero-order valence-corrected chi connectivity index (χ0v) is 16.3. The monoisotopic (exact) mass is 399 g/mol. The van der Waals surface area contributed by atoms with Crippen LogP contribution in [0.5, 0.6) is 11.5 Å². The average molecular weight is 400 g/mol. The Morgan fingerprint density at radius 1 is 1.36 bits per heavy atom. The summed E-state index contributed by atoms with van der Waals surface area (Å²) in [6.07, 6.45) is 0.575. The molecule has 2 heterocycles. The van der Waals surface area contributed by atoms with E-state index in [9.17, 15) is 9.90 Å². The van der Waals surface area contributed by atoms with Gasteiger partial charge in [0.2, 0.25) is 0 Å². The molecule has 28 heavy (non-hydrogen) atoms. The van der Waals surface area contributed by atoms with Crippen LogP contribution in [0.3, 0.4) is 0 Å². The van der Waals surface area contributed by atoms with Crippen molar-refractivity contribution in [2.24, 2.45) is 10.9 Å². The van der Waals surface area contributed by atoms with E-state index < -0.39 is 11.9 Å². The van der Waals surface area contributed by atoms with Crippen LogP contribution < -0.4 is 10.1 Å². The van der Waals surface area contributed by atoms with E-state index in [1.807, 2.05) is 37.3 Å². The van der Waals surface area contributed by atoms with Crippen LogP contribution in [0.25, 0.3) is 0 Å². The molecule has 2 N–H and O–H groups in total. The number of nitrogens with zero attached hydrogens (tertiary/aromatic N) is 2. The van der Waals surface area contributed by atoms with Gasteiger partial charge in [-0.3, -0.25) is 4.79 Å². The van der Waals surface area contributed by atoms with Gasteiger partial charge in [-0.2, -0.15) is 0 Å². The Kier molecular flexibility index (Phi) is 5.24. The molecule has 146 valence electrons. The molecule has 0 unspecified atom stereocenters. The molecule has 0 amide bonds. The first kappa shape index (κ1) is 18.8. The third kappa shape index (κ3) is 3.57. The molecule has 1 fully saturated rings. The number of halogens is 1. The van der Waals surface area contributed by atoms with Crippen LogP contribution in [0.15, 0.2) is 47.5 Å². The standard InChI is InChI=1S/C21H22ClN3O3/c1-2-14(21(26)27)17-12-25(10-9-23-17)20-15-5-3-4-6-18(15)28-19-8-7-13(22)11-16(19)24-20/h3-8,11,14,17,23H,2,9-10,12H2,1H3,(H,26,27)/t14-,17+/m0/s1. The number of para-hydroxylation sites is 1. The SMILES string of the molecule is CC[C@H](C(=O)O)[C@H]1CN(C2=Nc3cc(Cl)ccc3Oc3ccccc32)CCN1. The van der Waals surface area contributed by atoms with Crippen molar-refractivity contribution in [2.45, 2.75) is 19.4 Å². The number of nitrogens with one attached hydrogen (secondary N) is 1. The molecule has 2 atom stereocenters. The van der Waals surface area contributed by atoms with E-state index >= 15 is 0 Å². The lowest BCUT2D eigenvalue weighted by Gasteiger charge is -2.38. The molecule has 2 aliphatic heterocycles. The Morgan fingerprint density at radius 3 is 2.96 bits per heavy atom. The highest BCUT2D eigenvalue weighted by Crippen LogP contribution is 2.39. The number of benzene rings is 2. The zero-order valence-electron chi connectivity index (χ0n) is 15.6. The minimum Gasteiger partial charge on any atom is -0.481 e. The smallest absolute Gasteiger partial charge is 0.308 e. The van der Waals surface area contributed by atoms with Crippen LogP contribution >= 0.6 is 11.6 Å². The summed E-state index contributed by atoms with van der Waals surface area (Å²) in [6.45, 7) is 3.90. The van der Waals surface area contributed by atoms with E-state index in [1.54, 1.807) is 12.1 Å². The van der Waals surface area contributed by atoms with Gasteiger partial charge in [0.05, 0.1) is 11.5 Å². The van der Waals surface area contributed by atoms with E-state index in [2.05, 4.69) is 10.2 Å². The van der Waals surface area contributed by atoms with E-state index in [0.717, 1.165) is 23.7 Å². The first-order chi connectivity index (χ1) is 13.6. The fourth-order valence-electron chi connectivity index (χ4n) is 3.81. The highest BCUT2D eigenvalue weighted by Gasteiger charge is 2.33. The number of rotatable bonds is 3. The van der Waals surface area contributed by atoms with Gasteiger partial charge < -0.3 is 20.1 Å². The zero-order chi connectivity index (χ0) is 19.7. The Hall–Kier alpha value is -2.57. The highest BCUT2D eigenvalue weighted by atomic mass is 35.5. The normalized spacial score (nSPS) is 19.6. The van der Waals surface area contributed by atoms with Crippen molar-refractivity contribution in [3.63, 3.8) is 0 Å². The Labute approximate surface area is 168 Å². The van der Waals surface area contributed by atoms with Gasteiger partial charge in [0.1, 0.15) is 17.3 Å². The molecule has 4 rings (SSSR count). The number of amidine groups is 1. The van der Waals surface area contributed by atoms with Crippen LogP contribution in [-0.4, -0.2) is 47.5 Å². The molecule has 2 aliphatic rings. The summed E-state index contributed by atoms with van der Waals surface area (Å²) in [7, 11) is 0. The number of carbonyl (C=O) groups is 1. The summed E-state index contributed by atoms with van der Waals surface area (Å²) in [5.41, 5.74) is 1.55. The Morgan fingerprint density at radius 2 is 2.18 bits per heavy atom. The molecule has 0 radical (unpaired) electrons. The maximum absolute atomic E-state index is 11.6. The van der Waals surface area contributed by atoms with Gasteiger partial charge in [-0.1, -0.05) is 30.7 Å². The van der Waals surface area contributed by atoms with Crippen LogP contribution in [0.1, 0.15) is 18.9 Å². The largest absolute Gasteiger partial charge is 0.481 e. The number of hydrogen-bond acceptors (Lipinski definition) is 5. The third-order valence-corrected chi connectivity index (χ3v) is 5.48. The second kappa shape index (κ2) is 7.81. The van der Waals surface area contributed by atoms with E-state index in [1.165, 1.54) is 0 Å². The Balaban J connectivity index is 1.75. The summed E-state index contributed by atoms with van der Waals surface area (Å²) in [4.78, 5) is 18.7. The predicted octanol–water partition coefficient (Wildman–Crippen LogP) is 3.91. The number of carboxylic acid groups (broad SMARTS) is 1. The number of piperazine rings is 1. The number of aliphatic imine (C=N–C) groups is 1. The molecule has 2 aromatic carbocycles. The van der Waals surface area contributed by atoms with Crippen LogP contribution in [-0.2, 0) is 4.79 Å². The summed E-state index contributed by atoms with van der Waals surface area (Å²) < 4.78 is 6.10. The molecule has 7 heteroatoms. The van der Waals surface area contributed by atoms with Crippen molar-refractivity contribution in [1.29, 1.82) is 0 Å². The molecular formula is C21H22ClN3O3. The van der Waals surface area contributed by atoms with Gasteiger partial charge in [0.15, 0.2) is 5.75 Å². The van der Waals surface area contributed by atoms with Crippen molar-refractivity contribution in [3.8, 4) is 11.5 Å². The van der Waals surface area contributed by atoms with Gasteiger partial charge in [-0.05, 0) is 36.8 Å². The van der Waals surface area contributed by atoms with Gasteiger partial charge in [0.25, 0.3) is 0 Å². The van der Waals surface area contributed by atoms with Crippen molar-refractivity contribution in [2.75, 3.05) is 19.6 Å². The molecular weight excluding hydrogens is 378 g/mol. The number of carboxylic acids is 1. The fraction of sp³-hybridized carbons (Fsp3) is 0.333. The predicted molar refractivity (Wildman–Crippen MR) is 109 cm³/mol. The van der Waals surface area contributed by atoms with Crippen molar-refractivity contribution in [3.05, 3.63) is 53.1 Å². The first-order valence-corrected chi connectivity index (χ1v) is 9.81. The summed E-state index contributed by atoms with van der Waals surface area (Å²) in [6, 6.07) is 13.0. The van der Waals surface area contributed by atoms with Crippen LogP contribution in [0.4, 0.5) is 5.69 Å². The van der Waals surface area contributed by atoms with Gasteiger partial charge in [-0.15, -0.1) is 0 Å². The van der Waals surface area contributed by atoms with E-state index in [4.69, 9.17) is 21.3 Å². The van der Waals surface area contributed by atoms with Crippen LogP contribution in [0, 0.1) is 5.92 Å². The lowest BCUT2D eigenvalue weighted by atomic mass is 9.94. The average Bonchev–Trinajstić information content (AvgIpc) is 2.85. The maximum Gasteiger partial charge on any atom is 0.308 e. The summed E-state index contributed by atoms with van der Waals surface area (Å²) >= 11 is 6.18. The first-order valence-electron chi connectivity index (χ1n) is 9.43. The minimum atomic E-state index is -0.773. The molecule has 1 saturated heterocycles. The Bertz CT molecular complexity index is 931. The highest BCUT2D eigenvalue weighted by molar-refractivity contribution is 6.31. The number of aliphatic carboxylic acids is 1. The molecule has 0 spiro atoms. The van der Waals surface area contributed by atoms with Crippen molar-refractivity contribution in [1.82, 2.24) is 10.2 Å². The second-order valence-electron chi connectivity index (χ2n) is 7.01. The van der Waals surface area contributed by atoms with Gasteiger partial charge in [-0.25, -0.2) is 4.99 Å². The molecule has 0 aromatic heterocycles. The summed E-state index contributed by atoms with van der Waals surface area (Å²) in [5, 5.41) is 13.5. The quantitative estimate of drug-likeness (QED) is 0.818. The maximum atomic E-state index is 11.6. The van der Waals surface area contributed by atoms with Crippen molar-refractivity contribution < 1.29 is 14.6 Å². The summed E-state index contributed by atoms with van der Waals surface area (Å²) in [5.74, 6) is 0.939. The van der Waals surface area contributed by atoms with E-state index in [-0.39, 0.29) is 6.04 Å². The third-order valence-electron chi connectivity index (χ3n) is 5.24. The number of ether oxygens (including phenoxy) is 1. The lowest BCUT2D eigenvalue weighted by molar-refractivity contribution is -0.143. The minimum absolute atomic E-state index is 0.144. The van der Waals surface area contributed by atoms with Gasteiger partial charge >= 0.3 is 5.97 Å².